The van der Waals surface area contributed by atoms with Crippen molar-refractivity contribution in [3.8, 4) is 28.2 Å². The molecule has 0 aliphatic rings. The third-order valence-electron chi connectivity index (χ3n) is 9.35. The Kier molecular flexibility index (Phi) is 5.28. The van der Waals surface area contributed by atoms with E-state index in [2.05, 4.69) is 150 Å². The summed E-state index contributed by atoms with van der Waals surface area (Å²) in [6.07, 6.45) is 0. The van der Waals surface area contributed by atoms with Gasteiger partial charge in [0.1, 0.15) is 17.0 Å². The van der Waals surface area contributed by atoms with Crippen LogP contribution in [0.3, 0.4) is 0 Å². The van der Waals surface area contributed by atoms with Crippen LogP contribution in [0.2, 0.25) is 0 Å². The maximum atomic E-state index is 6.13. The predicted molar refractivity (Wildman–Crippen MR) is 192 cm³/mol. The summed E-state index contributed by atoms with van der Waals surface area (Å²) in [5.41, 5.74) is 8.38. The van der Waals surface area contributed by atoms with Gasteiger partial charge in [-0.25, -0.2) is 4.98 Å². The number of aromatic nitrogens is 2. The average Bonchev–Trinajstić information content (AvgIpc) is 3.71. The van der Waals surface area contributed by atoms with Crippen LogP contribution in [0.15, 0.2) is 162 Å². The summed E-state index contributed by atoms with van der Waals surface area (Å²) in [6, 6.07) is 56.1. The standard InChI is InChI=1S/C43H26N2O/c1-2-11-28-24-31(21-20-27(28)10-1)43-44-41-36-17-5-3-14-33(36)34-15-4-6-18-37(34)42(41)45(43)32-13-9-12-29(25-32)30-22-23-40-38(26-30)35-16-7-8-19-39(35)46-40/h1-26H. The fourth-order valence-electron chi connectivity index (χ4n) is 7.21. The molecule has 0 unspecified atom stereocenters. The second-order valence-electron chi connectivity index (χ2n) is 12.0. The molecule has 214 valence electrons. The molecule has 2 heterocycles. The van der Waals surface area contributed by atoms with E-state index < -0.39 is 0 Å². The van der Waals surface area contributed by atoms with Crippen molar-refractivity contribution < 1.29 is 4.42 Å². The summed E-state index contributed by atoms with van der Waals surface area (Å²) >= 11 is 0. The third-order valence-corrected chi connectivity index (χ3v) is 9.35. The Labute approximate surface area is 264 Å². The second-order valence-corrected chi connectivity index (χ2v) is 12.0. The van der Waals surface area contributed by atoms with Gasteiger partial charge in [0.25, 0.3) is 0 Å². The number of imidazole rings is 1. The van der Waals surface area contributed by atoms with Crippen LogP contribution in [0.5, 0.6) is 0 Å². The van der Waals surface area contributed by atoms with Crippen LogP contribution in [0.1, 0.15) is 0 Å². The van der Waals surface area contributed by atoms with Gasteiger partial charge < -0.3 is 4.42 Å². The molecule has 0 saturated carbocycles. The topological polar surface area (TPSA) is 31.0 Å². The molecule has 0 spiro atoms. The number of para-hydroxylation sites is 1. The van der Waals surface area contributed by atoms with Crippen molar-refractivity contribution in [1.29, 1.82) is 0 Å². The predicted octanol–water partition coefficient (Wildman–Crippen LogP) is 11.7. The fraction of sp³-hybridized carbons (Fsp3) is 0. The Hall–Kier alpha value is -6.19. The molecule has 0 saturated heterocycles. The lowest BCUT2D eigenvalue weighted by molar-refractivity contribution is 0.669. The average molecular weight is 587 g/mol. The third kappa shape index (κ3) is 3.69. The molecular formula is C43H26N2O. The maximum absolute atomic E-state index is 6.13. The lowest BCUT2D eigenvalue weighted by Crippen LogP contribution is -1.99. The molecule has 0 N–H and O–H groups in total. The van der Waals surface area contributed by atoms with Crippen LogP contribution in [0.4, 0.5) is 0 Å². The van der Waals surface area contributed by atoms with E-state index in [-0.39, 0.29) is 0 Å². The Balaban J connectivity index is 1.28. The molecule has 0 aliphatic carbocycles. The van der Waals surface area contributed by atoms with E-state index in [0.717, 1.165) is 66.6 Å². The van der Waals surface area contributed by atoms with Crippen LogP contribution in [0, 0.1) is 0 Å². The summed E-state index contributed by atoms with van der Waals surface area (Å²) in [6.45, 7) is 0. The van der Waals surface area contributed by atoms with E-state index >= 15 is 0 Å². The molecule has 0 amide bonds. The monoisotopic (exact) mass is 586 g/mol. The highest BCUT2D eigenvalue weighted by molar-refractivity contribution is 6.24. The molecule has 46 heavy (non-hydrogen) atoms. The Morgan fingerprint density at radius 1 is 0.413 bits per heavy atom. The molecule has 0 bridgehead atoms. The zero-order chi connectivity index (χ0) is 30.2. The van der Waals surface area contributed by atoms with Gasteiger partial charge in [0.2, 0.25) is 0 Å². The minimum absolute atomic E-state index is 0.902. The maximum Gasteiger partial charge on any atom is 0.145 e. The van der Waals surface area contributed by atoms with E-state index in [9.17, 15) is 0 Å². The van der Waals surface area contributed by atoms with Crippen LogP contribution < -0.4 is 0 Å². The highest BCUT2D eigenvalue weighted by Gasteiger charge is 2.21. The largest absolute Gasteiger partial charge is 0.456 e. The molecule has 8 aromatic carbocycles. The summed E-state index contributed by atoms with van der Waals surface area (Å²) in [4.78, 5) is 5.47. The van der Waals surface area contributed by atoms with Gasteiger partial charge in [-0.3, -0.25) is 4.57 Å². The first-order chi connectivity index (χ1) is 22.8. The van der Waals surface area contributed by atoms with Gasteiger partial charge in [-0.05, 0) is 69.1 Å². The second kappa shape index (κ2) is 9.65. The van der Waals surface area contributed by atoms with Gasteiger partial charge in [0.05, 0.1) is 11.0 Å². The zero-order valence-electron chi connectivity index (χ0n) is 24.8. The molecule has 0 aliphatic heterocycles. The lowest BCUT2D eigenvalue weighted by atomic mass is 9.99. The van der Waals surface area contributed by atoms with E-state index in [0.29, 0.717) is 0 Å². The normalized spacial score (nSPS) is 11.9. The first kappa shape index (κ1) is 25.2. The Morgan fingerprint density at radius 3 is 1.93 bits per heavy atom. The SMILES string of the molecule is c1cc(-c2ccc3oc4ccccc4c3c2)cc(-n2c(-c3ccc4ccccc4c3)nc3c4ccccc4c4ccccc4c32)c1. The molecule has 3 nitrogen and oxygen atoms in total. The smallest absolute Gasteiger partial charge is 0.145 e. The Bertz CT molecular complexity index is 2820. The number of nitrogens with zero attached hydrogens (tertiary/aromatic N) is 2. The Morgan fingerprint density at radius 2 is 1.07 bits per heavy atom. The van der Waals surface area contributed by atoms with Crippen LogP contribution in [-0.2, 0) is 0 Å². The minimum atomic E-state index is 0.902. The van der Waals surface area contributed by atoms with Gasteiger partial charge in [-0.15, -0.1) is 0 Å². The summed E-state index contributed by atoms with van der Waals surface area (Å²) in [7, 11) is 0. The lowest BCUT2D eigenvalue weighted by Gasteiger charge is -2.14. The molecule has 3 heteroatoms. The van der Waals surface area contributed by atoms with E-state index in [1.165, 1.54) is 26.9 Å². The highest BCUT2D eigenvalue weighted by Crippen LogP contribution is 2.40. The van der Waals surface area contributed by atoms with Crippen molar-refractivity contribution in [2.24, 2.45) is 0 Å². The molecule has 0 fully saturated rings. The van der Waals surface area contributed by atoms with E-state index in [1.54, 1.807) is 0 Å². The molecule has 0 atom stereocenters. The molecule has 2 aromatic heterocycles. The summed E-state index contributed by atoms with van der Waals surface area (Å²) in [5.74, 6) is 0.927. The van der Waals surface area contributed by atoms with Gasteiger partial charge in [0.15, 0.2) is 0 Å². The van der Waals surface area contributed by atoms with Crippen LogP contribution in [0.25, 0.3) is 93.5 Å². The quantitative estimate of drug-likeness (QED) is 0.193. The molecule has 10 rings (SSSR count). The van der Waals surface area contributed by atoms with Crippen LogP contribution >= 0.6 is 0 Å². The van der Waals surface area contributed by atoms with Crippen molar-refractivity contribution in [3.05, 3.63) is 158 Å². The highest BCUT2D eigenvalue weighted by atomic mass is 16.3. The number of rotatable bonds is 3. The van der Waals surface area contributed by atoms with E-state index in [1.807, 2.05) is 12.1 Å². The molecular weight excluding hydrogens is 560 g/mol. The van der Waals surface area contributed by atoms with Gasteiger partial charge in [-0.2, -0.15) is 0 Å². The number of hydrogen-bond acceptors (Lipinski definition) is 2. The minimum Gasteiger partial charge on any atom is -0.456 e. The first-order valence-electron chi connectivity index (χ1n) is 15.6. The number of benzene rings is 8. The summed E-state index contributed by atoms with van der Waals surface area (Å²) in [5, 5.41) is 9.46. The van der Waals surface area contributed by atoms with Crippen molar-refractivity contribution in [2.75, 3.05) is 0 Å². The van der Waals surface area contributed by atoms with Gasteiger partial charge in [-0.1, -0.05) is 121 Å². The number of furan rings is 1. The molecule has 0 radical (unpaired) electrons. The molecule has 10 aromatic rings. The van der Waals surface area contributed by atoms with Crippen molar-refractivity contribution in [1.82, 2.24) is 9.55 Å². The van der Waals surface area contributed by atoms with Gasteiger partial charge >= 0.3 is 0 Å². The van der Waals surface area contributed by atoms with Gasteiger partial charge in [0, 0.05) is 32.8 Å². The number of fused-ring (bicyclic) bond motifs is 10. The van der Waals surface area contributed by atoms with Crippen molar-refractivity contribution in [3.63, 3.8) is 0 Å². The zero-order valence-corrected chi connectivity index (χ0v) is 24.8. The van der Waals surface area contributed by atoms with Crippen molar-refractivity contribution in [2.45, 2.75) is 0 Å². The summed E-state index contributed by atoms with van der Waals surface area (Å²) < 4.78 is 8.50. The van der Waals surface area contributed by atoms with E-state index in [4.69, 9.17) is 9.40 Å². The van der Waals surface area contributed by atoms with Crippen LogP contribution in [-0.4, -0.2) is 9.55 Å². The van der Waals surface area contributed by atoms with Crippen molar-refractivity contribution >= 4 is 65.3 Å². The first-order valence-corrected chi connectivity index (χ1v) is 15.6. The number of hydrogen-bond donors (Lipinski definition) is 0. The fourth-order valence-corrected chi connectivity index (χ4v) is 7.21.